The number of para-hydroxylation sites is 1. The first kappa shape index (κ1) is 18.9. The van der Waals surface area contributed by atoms with Gasteiger partial charge in [0.15, 0.2) is 5.78 Å². The number of aromatic nitrogens is 3. The van der Waals surface area contributed by atoms with Gasteiger partial charge in [-0.2, -0.15) is 5.10 Å². The van der Waals surface area contributed by atoms with E-state index in [1.54, 1.807) is 4.68 Å². The lowest BCUT2D eigenvalue weighted by molar-refractivity contribution is 0.0964. The molecule has 0 spiro atoms. The molecule has 1 N–H and O–H groups in total. The molecular weight excluding hydrogens is 348 g/mol. The number of Topliss-reactive ketones (excluding diaryl/α,β-unsaturated/α-hetero) is 1. The van der Waals surface area contributed by atoms with Crippen molar-refractivity contribution in [3.63, 3.8) is 0 Å². The lowest BCUT2D eigenvalue weighted by atomic mass is 9.94. The highest BCUT2D eigenvalue weighted by Gasteiger charge is 2.19. The average Bonchev–Trinajstić information content (AvgIpc) is 3.31. The van der Waals surface area contributed by atoms with Crippen LogP contribution in [0.3, 0.4) is 0 Å². The molecule has 5 nitrogen and oxygen atoms in total. The van der Waals surface area contributed by atoms with Crippen molar-refractivity contribution in [2.24, 2.45) is 13.0 Å². The molecule has 0 bridgehead atoms. The van der Waals surface area contributed by atoms with Gasteiger partial charge in [0.1, 0.15) is 5.69 Å². The fourth-order valence-corrected chi connectivity index (χ4v) is 4.28. The summed E-state index contributed by atoms with van der Waals surface area (Å²) in [5, 5.41) is 5.64. The molecule has 0 radical (unpaired) electrons. The number of piperidine rings is 1. The van der Waals surface area contributed by atoms with E-state index in [0.717, 1.165) is 35.8 Å². The van der Waals surface area contributed by atoms with Crippen LogP contribution >= 0.6 is 0 Å². The van der Waals surface area contributed by atoms with Crippen LogP contribution in [0, 0.1) is 5.92 Å². The van der Waals surface area contributed by atoms with E-state index < -0.39 is 0 Å². The molecule has 0 unspecified atom stereocenters. The molecule has 4 rings (SSSR count). The van der Waals surface area contributed by atoms with Crippen LogP contribution in [0.2, 0.25) is 0 Å². The maximum atomic E-state index is 12.6. The van der Waals surface area contributed by atoms with Crippen LogP contribution in [0.5, 0.6) is 0 Å². The third-order valence-electron chi connectivity index (χ3n) is 6.13. The molecular formula is C23H30N4O. The third kappa shape index (κ3) is 4.04. The Morgan fingerprint density at radius 1 is 1.21 bits per heavy atom. The molecule has 1 aliphatic rings. The molecule has 0 atom stereocenters. The van der Waals surface area contributed by atoms with Gasteiger partial charge in [0, 0.05) is 24.4 Å². The smallest absolute Gasteiger partial charge is 0.183 e. The standard InChI is InChI=1S/C23H30N4O/c1-3-17-10-13-27(14-11-17)12-6-9-23(28)21-16-22(26(2)25-21)20-15-18-7-4-5-8-19(18)24-20/h4-5,7-8,15-17,24H,3,6,9-14H2,1-2H3. The lowest BCUT2D eigenvalue weighted by Crippen LogP contribution is -2.34. The predicted molar refractivity (Wildman–Crippen MR) is 114 cm³/mol. The van der Waals surface area contributed by atoms with Crippen LogP contribution in [-0.4, -0.2) is 45.1 Å². The van der Waals surface area contributed by atoms with E-state index in [4.69, 9.17) is 0 Å². The molecule has 0 aliphatic carbocycles. The van der Waals surface area contributed by atoms with E-state index in [9.17, 15) is 4.79 Å². The van der Waals surface area contributed by atoms with E-state index in [0.29, 0.717) is 12.1 Å². The summed E-state index contributed by atoms with van der Waals surface area (Å²) in [5.41, 5.74) is 3.61. The van der Waals surface area contributed by atoms with Gasteiger partial charge in [-0.05, 0) is 63.0 Å². The summed E-state index contributed by atoms with van der Waals surface area (Å²) in [5.74, 6) is 1.04. The van der Waals surface area contributed by atoms with Crippen LogP contribution in [0.25, 0.3) is 22.3 Å². The number of rotatable bonds is 7. The largest absolute Gasteiger partial charge is 0.353 e. The fourth-order valence-electron chi connectivity index (χ4n) is 4.28. The van der Waals surface area contributed by atoms with Crippen molar-refractivity contribution in [2.45, 2.75) is 39.0 Å². The molecule has 5 heteroatoms. The van der Waals surface area contributed by atoms with Gasteiger partial charge < -0.3 is 9.88 Å². The van der Waals surface area contributed by atoms with Gasteiger partial charge >= 0.3 is 0 Å². The highest BCUT2D eigenvalue weighted by molar-refractivity contribution is 5.95. The Balaban J connectivity index is 1.36. The number of aromatic amines is 1. The zero-order chi connectivity index (χ0) is 19.5. The summed E-state index contributed by atoms with van der Waals surface area (Å²) in [6.07, 6.45) is 5.38. The molecule has 1 aliphatic heterocycles. The summed E-state index contributed by atoms with van der Waals surface area (Å²) >= 11 is 0. The Kier molecular flexibility index (Phi) is 5.62. The van der Waals surface area contributed by atoms with Gasteiger partial charge in [0.25, 0.3) is 0 Å². The molecule has 148 valence electrons. The number of benzene rings is 1. The Labute approximate surface area is 166 Å². The number of hydrogen-bond acceptors (Lipinski definition) is 3. The number of hydrogen-bond donors (Lipinski definition) is 1. The van der Waals surface area contributed by atoms with E-state index >= 15 is 0 Å². The molecule has 28 heavy (non-hydrogen) atoms. The number of nitrogens with one attached hydrogen (secondary N) is 1. The normalized spacial score (nSPS) is 16.1. The highest BCUT2D eigenvalue weighted by atomic mass is 16.1. The van der Waals surface area contributed by atoms with Crippen molar-refractivity contribution in [2.75, 3.05) is 19.6 Å². The Morgan fingerprint density at radius 2 is 2.00 bits per heavy atom. The molecule has 0 saturated carbocycles. The lowest BCUT2D eigenvalue weighted by Gasteiger charge is -2.31. The Morgan fingerprint density at radius 3 is 2.75 bits per heavy atom. The minimum Gasteiger partial charge on any atom is -0.353 e. The van der Waals surface area contributed by atoms with Crippen molar-refractivity contribution in [1.29, 1.82) is 0 Å². The maximum absolute atomic E-state index is 12.6. The molecule has 3 aromatic rings. The second-order valence-corrected chi connectivity index (χ2v) is 8.03. The molecule has 1 fully saturated rings. The molecule has 0 amide bonds. The van der Waals surface area contributed by atoms with Crippen LogP contribution in [0.1, 0.15) is 49.5 Å². The monoisotopic (exact) mass is 378 g/mol. The van der Waals surface area contributed by atoms with Gasteiger partial charge in [0.2, 0.25) is 0 Å². The van der Waals surface area contributed by atoms with Gasteiger partial charge in [-0.15, -0.1) is 0 Å². The summed E-state index contributed by atoms with van der Waals surface area (Å²) in [7, 11) is 1.90. The number of ketones is 1. The van der Waals surface area contributed by atoms with Crippen molar-refractivity contribution in [3.8, 4) is 11.4 Å². The van der Waals surface area contributed by atoms with Gasteiger partial charge in [-0.25, -0.2) is 0 Å². The van der Waals surface area contributed by atoms with Crippen molar-refractivity contribution < 1.29 is 4.79 Å². The fraction of sp³-hybridized carbons (Fsp3) is 0.478. The summed E-state index contributed by atoms with van der Waals surface area (Å²) in [6, 6.07) is 12.2. The molecule has 1 saturated heterocycles. The summed E-state index contributed by atoms with van der Waals surface area (Å²) in [4.78, 5) is 18.6. The molecule has 3 heterocycles. The number of H-pyrrole nitrogens is 1. The second kappa shape index (κ2) is 8.31. The van der Waals surface area contributed by atoms with Gasteiger partial charge in [0.05, 0.1) is 11.4 Å². The topological polar surface area (TPSA) is 53.9 Å². The summed E-state index contributed by atoms with van der Waals surface area (Å²) in [6.45, 7) is 5.67. The number of nitrogens with zero attached hydrogens (tertiary/aromatic N) is 3. The van der Waals surface area contributed by atoms with Crippen LogP contribution < -0.4 is 0 Å². The minimum absolute atomic E-state index is 0.140. The highest BCUT2D eigenvalue weighted by Crippen LogP contribution is 2.25. The van der Waals surface area contributed by atoms with Crippen molar-refractivity contribution >= 4 is 16.7 Å². The van der Waals surface area contributed by atoms with E-state index in [2.05, 4.69) is 40.1 Å². The molecule has 1 aromatic carbocycles. The number of carbonyl (C=O) groups excluding carboxylic acids is 1. The quantitative estimate of drug-likeness (QED) is 0.609. The van der Waals surface area contributed by atoms with Crippen LogP contribution in [0.15, 0.2) is 36.4 Å². The van der Waals surface area contributed by atoms with Crippen LogP contribution in [0.4, 0.5) is 0 Å². The predicted octanol–water partition coefficient (Wildman–Crippen LogP) is 4.65. The van der Waals surface area contributed by atoms with E-state index in [1.165, 1.54) is 37.7 Å². The average molecular weight is 379 g/mol. The first-order valence-electron chi connectivity index (χ1n) is 10.5. The number of aryl methyl sites for hydroxylation is 1. The zero-order valence-corrected chi connectivity index (χ0v) is 16.9. The van der Waals surface area contributed by atoms with Crippen LogP contribution in [-0.2, 0) is 7.05 Å². The zero-order valence-electron chi connectivity index (χ0n) is 16.9. The first-order valence-corrected chi connectivity index (χ1v) is 10.5. The number of likely N-dealkylation sites (tertiary alicyclic amines) is 1. The first-order chi connectivity index (χ1) is 13.6. The minimum atomic E-state index is 0.140. The van der Waals surface area contributed by atoms with Crippen molar-refractivity contribution in [3.05, 3.63) is 42.1 Å². The van der Waals surface area contributed by atoms with E-state index in [1.807, 2.05) is 25.2 Å². The Hall–Kier alpha value is -2.40. The maximum Gasteiger partial charge on any atom is 0.183 e. The Bertz CT molecular complexity index is 914. The van der Waals surface area contributed by atoms with Gasteiger partial charge in [-0.3, -0.25) is 9.48 Å². The second-order valence-electron chi connectivity index (χ2n) is 8.03. The number of fused-ring (bicyclic) bond motifs is 1. The summed E-state index contributed by atoms with van der Waals surface area (Å²) < 4.78 is 1.80. The third-order valence-corrected chi connectivity index (χ3v) is 6.13. The van der Waals surface area contributed by atoms with Crippen molar-refractivity contribution in [1.82, 2.24) is 19.7 Å². The van der Waals surface area contributed by atoms with Gasteiger partial charge in [-0.1, -0.05) is 31.5 Å². The number of carbonyl (C=O) groups is 1. The molecule has 2 aromatic heterocycles. The SMILES string of the molecule is CCC1CCN(CCCC(=O)c2cc(-c3cc4ccccc4[nH]3)n(C)n2)CC1. The van der Waals surface area contributed by atoms with E-state index in [-0.39, 0.29) is 5.78 Å².